The molecular formula is C9H11ClO2. The van der Waals surface area contributed by atoms with E-state index in [0.717, 1.165) is 17.9 Å². The summed E-state index contributed by atoms with van der Waals surface area (Å²) in [7, 11) is 0. The first kappa shape index (κ1) is 9.52. The third kappa shape index (κ3) is 3.22. The highest BCUT2D eigenvalue weighted by Gasteiger charge is 1.92. The van der Waals surface area contributed by atoms with Crippen LogP contribution in [0.3, 0.4) is 0 Å². The van der Waals surface area contributed by atoms with Gasteiger partial charge in [-0.1, -0.05) is 23.7 Å². The Hall–Kier alpha value is -0.570. The van der Waals surface area contributed by atoms with Gasteiger partial charge in [-0.15, -0.1) is 0 Å². The Bertz CT molecular complexity index is 220. The molecule has 0 saturated carbocycles. The third-order valence-electron chi connectivity index (χ3n) is 1.61. The van der Waals surface area contributed by atoms with Crippen LogP contribution < -0.4 is 0 Å². The first-order chi connectivity index (χ1) is 5.83. The van der Waals surface area contributed by atoms with Gasteiger partial charge in [0.15, 0.2) is 0 Å². The smallest absolute Gasteiger partial charge is 0.0822 e. The summed E-state index contributed by atoms with van der Waals surface area (Å²) >= 11 is 5.71. The van der Waals surface area contributed by atoms with Gasteiger partial charge in [-0.2, -0.15) is 0 Å². The summed E-state index contributed by atoms with van der Waals surface area (Å²) < 4.78 is 0. The van der Waals surface area contributed by atoms with Crippen molar-refractivity contribution in [2.75, 3.05) is 6.61 Å². The average molecular weight is 187 g/mol. The van der Waals surface area contributed by atoms with E-state index in [-0.39, 0.29) is 0 Å². The van der Waals surface area contributed by atoms with Crippen LogP contribution in [0.1, 0.15) is 12.0 Å². The van der Waals surface area contributed by atoms with Gasteiger partial charge in [0.25, 0.3) is 0 Å². The molecule has 0 amide bonds. The van der Waals surface area contributed by atoms with Crippen LogP contribution in [0, 0.1) is 0 Å². The number of rotatable bonds is 4. The number of halogens is 1. The Morgan fingerprint density at radius 3 is 2.50 bits per heavy atom. The van der Waals surface area contributed by atoms with Crippen LogP contribution in [0.25, 0.3) is 0 Å². The van der Waals surface area contributed by atoms with Gasteiger partial charge in [-0.3, -0.25) is 5.26 Å². The fraction of sp³-hybridized carbons (Fsp3) is 0.333. The van der Waals surface area contributed by atoms with Gasteiger partial charge in [0, 0.05) is 5.02 Å². The molecule has 1 aromatic carbocycles. The minimum atomic E-state index is 0.378. The Morgan fingerprint density at radius 1 is 1.25 bits per heavy atom. The maximum atomic E-state index is 8.07. The molecule has 66 valence electrons. The SMILES string of the molecule is OOCCCc1ccc(Cl)cc1. The number of hydrogen-bond donors (Lipinski definition) is 1. The lowest BCUT2D eigenvalue weighted by molar-refractivity contribution is -0.242. The van der Waals surface area contributed by atoms with E-state index in [1.807, 2.05) is 24.3 Å². The van der Waals surface area contributed by atoms with E-state index in [0.29, 0.717) is 6.61 Å². The molecule has 0 heterocycles. The minimum Gasteiger partial charge on any atom is -0.252 e. The van der Waals surface area contributed by atoms with Gasteiger partial charge in [-0.05, 0) is 30.5 Å². The molecule has 0 fully saturated rings. The molecule has 0 aromatic heterocycles. The topological polar surface area (TPSA) is 29.5 Å². The highest BCUT2D eigenvalue weighted by atomic mass is 35.5. The van der Waals surface area contributed by atoms with E-state index in [9.17, 15) is 0 Å². The first-order valence-corrected chi connectivity index (χ1v) is 4.21. The zero-order chi connectivity index (χ0) is 8.81. The maximum Gasteiger partial charge on any atom is 0.0822 e. The van der Waals surface area contributed by atoms with Crippen molar-refractivity contribution in [3.63, 3.8) is 0 Å². The first-order valence-electron chi connectivity index (χ1n) is 3.84. The summed E-state index contributed by atoms with van der Waals surface area (Å²) in [6.45, 7) is 0.378. The second-order valence-electron chi connectivity index (χ2n) is 2.56. The maximum absolute atomic E-state index is 8.07. The van der Waals surface area contributed by atoms with Crippen LogP contribution in [0.5, 0.6) is 0 Å². The largest absolute Gasteiger partial charge is 0.252 e. The summed E-state index contributed by atoms with van der Waals surface area (Å²) in [6, 6.07) is 7.66. The zero-order valence-corrected chi connectivity index (χ0v) is 7.42. The van der Waals surface area contributed by atoms with E-state index in [1.54, 1.807) is 0 Å². The molecule has 0 saturated heterocycles. The molecule has 0 spiro atoms. The van der Waals surface area contributed by atoms with Crippen LogP contribution >= 0.6 is 11.6 Å². The summed E-state index contributed by atoms with van der Waals surface area (Å²) in [5.41, 5.74) is 1.21. The van der Waals surface area contributed by atoms with E-state index in [4.69, 9.17) is 16.9 Å². The Morgan fingerprint density at radius 2 is 1.92 bits per heavy atom. The van der Waals surface area contributed by atoms with Crippen molar-refractivity contribution in [2.45, 2.75) is 12.8 Å². The van der Waals surface area contributed by atoms with E-state index in [2.05, 4.69) is 4.89 Å². The highest BCUT2D eigenvalue weighted by molar-refractivity contribution is 6.30. The van der Waals surface area contributed by atoms with Crippen LogP contribution in [0.4, 0.5) is 0 Å². The summed E-state index contributed by atoms with van der Waals surface area (Å²) in [6.07, 6.45) is 1.72. The summed E-state index contributed by atoms with van der Waals surface area (Å²) in [5, 5.41) is 8.81. The Kier molecular flexibility index (Phi) is 4.08. The van der Waals surface area contributed by atoms with Gasteiger partial charge < -0.3 is 0 Å². The number of aryl methyl sites for hydroxylation is 1. The van der Waals surface area contributed by atoms with Crippen molar-refractivity contribution in [1.29, 1.82) is 0 Å². The molecule has 0 aliphatic carbocycles. The predicted octanol–water partition coefficient (Wildman–Crippen LogP) is 2.76. The van der Waals surface area contributed by atoms with Crippen LogP contribution in [0.2, 0.25) is 5.02 Å². The molecule has 3 heteroatoms. The fourth-order valence-corrected chi connectivity index (χ4v) is 1.12. The standard InChI is InChI=1S/C9H11ClO2/c10-9-5-3-8(4-6-9)2-1-7-12-11/h3-6,11H,1-2,7H2. The monoisotopic (exact) mass is 186 g/mol. The van der Waals surface area contributed by atoms with Gasteiger partial charge in [0.2, 0.25) is 0 Å². The predicted molar refractivity (Wildman–Crippen MR) is 48.4 cm³/mol. The van der Waals surface area contributed by atoms with Crippen molar-refractivity contribution in [2.24, 2.45) is 0 Å². The van der Waals surface area contributed by atoms with Crippen molar-refractivity contribution in [1.82, 2.24) is 0 Å². The molecule has 12 heavy (non-hydrogen) atoms. The van der Waals surface area contributed by atoms with Gasteiger partial charge in [0.05, 0.1) is 6.61 Å². The molecular weight excluding hydrogens is 176 g/mol. The third-order valence-corrected chi connectivity index (χ3v) is 1.87. The molecule has 0 aliphatic heterocycles. The molecule has 1 N–H and O–H groups in total. The van der Waals surface area contributed by atoms with Crippen molar-refractivity contribution in [3.8, 4) is 0 Å². The molecule has 0 radical (unpaired) electrons. The summed E-state index contributed by atoms with van der Waals surface area (Å²) in [4.78, 5) is 3.96. The van der Waals surface area contributed by atoms with E-state index >= 15 is 0 Å². The molecule has 1 rings (SSSR count). The van der Waals surface area contributed by atoms with Crippen LogP contribution in [-0.2, 0) is 11.3 Å². The summed E-state index contributed by atoms with van der Waals surface area (Å²) in [5.74, 6) is 0. The lowest BCUT2D eigenvalue weighted by Gasteiger charge is -1.99. The van der Waals surface area contributed by atoms with Crippen molar-refractivity contribution < 1.29 is 10.1 Å². The second kappa shape index (κ2) is 5.14. The Labute approximate surface area is 76.7 Å². The number of benzene rings is 1. The van der Waals surface area contributed by atoms with Gasteiger partial charge in [0.1, 0.15) is 0 Å². The van der Waals surface area contributed by atoms with Gasteiger partial charge in [-0.25, -0.2) is 4.89 Å². The van der Waals surface area contributed by atoms with Gasteiger partial charge >= 0.3 is 0 Å². The van der Waals surface area contributed by atoms with Crippen molar-refractivity contribution >= 4 is 11.6 Å². The second-order valence-corrected chi connectivity index (χ2v) is 3.00. The highest BCUT2D eigenvalue weighted by Crippen LogP contribution is 2.10. The quantitative estimate of drug-likeness (QED) is 0.445. The molecule has 0 unspecified atom stereocenters. The van der Waals surface area contributed by atoms with Crippen LogP contribution in [0.15, 0.2) is 24.3 Å². The normalized spacial score (nSPS) is 10.2. The number of hydrogen-bond acceptors (Lipinski definition) is 2. The lowest BCUT2D eigenvalue weighted by atomic mass is 10.1. The fourth-order valence-electron chi connectivity index (χ4n) is 0.992. The average Bonchev–Trinajstić information content (AvgIpc) is 2.09. The van der Waals surface area contributed by atoms with E-state index in [1.165, 1.54) is 5.56 Å². The van der Waals surface area contributed by atoms with E-state index < -0.39 is 0 Å². The zero-order valence-electron chi connectivity index (χ0n) is 6.66. The lowest BCUT2D eigenvalue weighted by Crippen LogP contribution is -1.92. The molecule has 1 aromatic rings. The Balaban J connectivity index is 2.37. The molecule has 0 aliphatic rings. The molecule has 0 bridgehead atoms. The molecule has 2 nitrogen and oxygen atoms in total. The van der Waals surface area contributed by atoms with Crippen molar-refractivity contribution in [3.05, 3.63) is 34.9 Å². The molecule has 0 atom stereocenters. The van der Waals surface area contributed by atoms with Crippen LogP contribution in [-0.4, -0.2) is 11.9 Å². The minimum absolute atomic E-state index is 0.378.